The van der Waals surface area contributed by atoms with Gasteiger partial charge in [0.25, 0.3) is 11.6 Å². The predicted octanol–water partition coefficient (Wildman–Crippen LogP) is 1.41. The van der Waals surface area contributed by atoms with Crippen molar-refractivity contribution in [3.05, 3.63) is 39.4 Å². The Balaban J connectivity index is 2.71. The summed E-state index contributed by atoms with van der Waals surface area (Å²) in [6, 6.07) is 3.99. The van der Waals surface area contributed by atoms with E-state index >= 15 is 0 Å². The lowest BCUT2D eigenvalue weighted by atomic mass is 10.1. The van der Waals surface area contributed by atoms with Gasteiger partial charge in [-0.2, -0.15) is 0 Å². The molecule has 1 amide bonds. The number of alkyl halides is 1. The van der Waals surface area contributed by atoms with Crippen molar-refractivity contribution in [3.8, 4) is 0 Å². The van der Waals surface area contributed by atoms with Gasteiger partial charge < -0.3 is 10.1 Å². The molecule has 8 heteroatoms. The van der Waals surface area contributed by atoms with E-state index in [1.54, 1.807) is 0 Å². The highest BCUT2D eigenvalue weighted by Crippen LogP contribution is 2.18. The topological polar surface area (TPSA) is 98.5 Å². The highest BCUT2D eigenvalue weighted by Gasteiger charge is 2.18. The number of hydrogen-bond acceptors (Lipinski definition) is 5. The monoisotopic (exact) mass is 300 g/mol. The van der Waals surface area contributed by atoms with Gasteiger partial charge >= 0.3 is 5.97 Å². The summed E-state index contributed by atoms with van der Waals surface area (Å²) >= 11 is 5.68. The van der Waals surface area contributed by atoms with Crippen LogP contribution in [0, 0.1) is 17.0 Å². The van der Waals surface area contributed by atoms with Crippen molar-refractivity contribution in [1.29, 1.82) is 0 Å². The SMILES string of the molecule is COC(=O)C(Cl)CNC(=O)c1ccc([N+](=O)[O-])c(C)c1. The van der Waals surface area contributed by atoms with Gasteiger partial charge in [-0.15, -0.1) is 11.6 Å². The van der Waals surface area contributed by atoms with E-state index in [1.165, 1.54) is 32.2 Å². The lowest BCUT2D eigenvalue weighted by Crippen LogP contribution is -2.34. The number of esters is 1. The maximum absolute atomic E-state index is 11.8. The number of nitrogens with one attached hydrogen (secondary N) is 1. The molecule has 0 bridgehead atoms. The first-order valence-electron chi connectivity index (χ1n) is 5.62. The maximum Gasteiger partial charge on any atom is 0.325 e. The summed E-state index contributed by atoms with van der Waals surface area (Å²) in [5.74, 6) is -1.12. The van der Waals surface area contributed by atoms with Crippen LogP contribution in [0.1, 0.15) is 15.9 Å². The van der Waals surface area contributed by atoms with Crippen molar-refractivity contribution in [2.45, 2.75) is 12.3 Å². The number of nitro groups is 1. The Morgan fingerprint density at radius 3 is 2.65 bits per heavy atom. The number of rotatable bonds is 5. The normalized spacial score (nSPS) is 11.6. The minimum atomic E-state index is -0.983. The molecule has 0 aromatic heterocycles. The number of benzene rings is 1. The first-order valence-corrected chi connectivity index (χ1v) is 6.05. The van der Waals surface area contributed by atoms with Gasteiger partial charge in [0, 0.05) is 23.7 Å². The molecular formula is C12H13ClN2O5. The molecule has 0 heterocycles. The molecule has 1 rings (SSSR count). The van der Waals surface area contributed by atoms with E-state index in [0.29, 0.717) is 5.56 Å². The van der Waals surface area contributed by atoms with Crippen LogP contribution in [0.5, 0.6) is 0 Å². The molecule has 20 heavy (non-hydrogen) atoms. The summed E-state index contributed by atoms with van der Waals surface area (Å²) in [5.41, 5.74) is 0.561. The predicted molar refractivity (Wildman–Crippen MR) is 71.8 cm³/mol. The second-order valence-electron chi connectivity index (χ2n) is 3.96. The fourth-order valence-corrected chi connectivity index (χ4v) is 1.66. The van der Waals surface area contributed by atoms with Crippen molar-refractivity contribution in [2.75, 3.05) is 13.7 Å². The maximum atomic E-state index is 11.8. The van der Waals surface area contributed by atoms with E-state index in [2.05, 4.69) is 10.1 Å². The molecule has 7 nitrogen and oxygen atoms in total. The number of methoxy groups -OCH3 is 1. The van der Waals surface area contributed by atoms with Gasteiger partial charge in [0.15, 0.2) is 0 Å². The number of halogens is 1. The molecule has 0 saturated heterocycles. The van der Waals surface area contributed by atoms with Gasteiger partial charge in [-0.1, -0.05) is 0 Å². The van der Waals surface area contributed by atoms with Crippen LogP contribution >= 0.6 is 11.6 Å². The molecule has 1 atom stereocenters. The molecule has 1 aromatic carbocycles. The summed E-state index contributed by atoms with van der Waals surface area (Å²) in [6.07, 6.45) is 0. The Labute approximate surface area is 120 Å². The second-order valence-corrected chi connectivity index (χ2v) is 4.49. The van der Waals surface area contributed by atoms with Crippen LogP contribution in [0.15, 0.2) is 18.2 Å². The zero-order valence-electron chi connectivity index (χ0n) is 10.9. The van der Waals surface area contributed by atoms with E-state index in [-0.39, 0.29) is 17.8 Å². The zero-order chi connectivity index (χ0) is 15.3. The summed E-state index contributed by atoms with van der Waals surface area (Å²) in [5, 5.41) is 12.1. The van der Waals surface area contributed by atoms with Gasteiger partial charge in [0.05, 0.1) is 12.0 Å². The molecular weight excluding hydrogens is 288 g/mol. The number of ether oxygens (including phenoxy) is 1. The number of carbonyl (C=O) groups is 2. The quantitative estimate of drug-likeness (QED) is 0.384. The fraction of sp³-hybridized carbons (Fsp3) is 0.333. The van der Waals surface area contributed by atoms with Crippen LogP contribution in [0.4, 0.5) is 5.69 Å². The van der Waals surface area contributed by atoms with Gasteiger partial charge in [0.1, 0.15) is 5.38 Å². The van der Waals surface area contributed by atoms with Crippen molar-refractivity contribution >= 4 is 29.2 Å². The lowest BCUT2D eigenvalue weighted by molar-refractivity contribution is -0.385. The average Bonchev–Trinajstić information content (AvgIpc) is 2.42. The molecule has 0 radical (unpaired) electrons. The smallest absolute Gasteiger partial charge is 0.325 e. The molecule has 0 spiro atoms. The van der Waals surface area contributed by atoms with Crippen LogP contribution < -0.4 is 5.32 Å². The van der Waals surface area contributed by atoms with E-state index in [1.807, 2.05) is 0 Å². The van der Waals surface area contributed by atoms with Gasteiger partial charge in [-0.3, -0.25) is 19.7 Å². The molecule has 0 aliphatic carbocycles. The van der Waals surface area contributed by atoms with E-state index in [9.17, 15) is 19.7 Å². The Kier molecular flexibility index (Phi) is 5.45. The van der Waals surface area contributed by atoms with Crippen LogP contribution in [0.3, 0.4) is 0 Å². The highest BCUT2D eigenvalue weighted by atomic mass is 35.5. The number of amides is 1. The van der Waals surface area contributed by atoms with E-state index in [4.69, 9.17) is 11.6 Å². The van der Waals surface area contributed by atoms with Gasteiger partial charge in [0.2, 0.25) is 0 Å². The first kappa shape index (κ1) is 15.9. The number of carbonyl (C=O) groups excluding carboxylic acids is 2. The van der Waals surface area contributed by atoms with E-state index in [0.717, 1.165) is 0 Å². The van der Waals surface area contributed by atoms with Crippen molar-refractivity contribution in [1.82, 2.24) is 5.32 Å². The number of nitro benzene ring substituents is 1. The average molecular weight is 301 g/mol. The number of nitrogens with zero attached hydrogens (tertiary/aromatic N) is 1. The van der Waals surface area contributed by atoms with Crippen LogP contribution in [-0.2, 0) is 9.53 Å². The number of aryl methyl sites for hydroxylation is 1. The Hall–Kier alpha value is -2.15. The molecule has 0 fully saturated rings. The summed E-state index contributed by atoms with van der Waals surface area (Å²) in [4.78, 5) is 33.0. The van der Waals surface area contributed by atoms with E-state index < -0.39 is 22.2 Å². The molecule has 0 saturated carbocycles. The Morgan fingerprint density at radius 1 is 1.50 bits per heavy atom. The van der Waals surface area contributed by atoms with Crippen molar-refractivity contribution in [3.63, 3.8) is 0 Å². The first-order chi connectivity index (χ1) is 9.36. The molecule has 0 aliphatic heterocycles. The van der Waals surface area contributed by atoms with Crippen LogP contribution in [0.25, 0.3) is 0 Å². The van der Waals surface area contributed by atoms with Gasteiger partial charge in [-0.25, -0.2) is 0 Å². The molecule has 1 aromatic rings. The third-order valence-electron chi connectivity index (χ3n) is 2.55. The molecule has 1 N–H and O–H groups in total. The third-order valence-corrected chi connectivity index (χ3v) is 2.89. The van der Waals surface area contributed by atoms with Crippen molar-refractivity contribution in [2.24, 2.45) is 0 Å². The Morgan fingerprint density at radius 2 is 2.15 bits per heavy atom. The zero-order valence-corrected chi connectivity index (χ0v) is 11.6. The van der Waals surface area contributed by atoms with Crippen LogP contribution in [-0.4, -0.2) is 35.8 Å². The number of hydrogen-bond donors (Lipinski definition) is 1. The highest BCUT2D eigenvalue weighted by molar-refractivity contribution is 6.30. The van der Waals surface area contributed by atoms with Gasteiger partial charge in [-0.05, 0) is 19.1 Å². The Bertz CT molecular complexity index is 547. The molecule has 1 unspecified atom stereocenters. The summed E-state index contributed by atoms with van der Waals surface area (Å²) < 4.78 is 4.41. The third kappa shape index (κ3) is 3.92. The molecule has 0 aliphatic rings. The summed E-state index contributed by atoms with van der Waals surface area (Å²) in [7, 11) is 1.19. The minimum Gasteiger partial charge on any atom is -0.468 e. The van der Waals surface area contributed by atoms with Crippen LogP contribution in [0.2, 0.25) is 0 Å². The largest absolute Gasteiger partial charge is 0.468 e. The minimum absolute atomic E-state index is 0.0636. The fourth-order valence-electron chi connectivity index (χ4n) is 1.50. The summed E-state index contributed by atoms with van der Waals surface area (Å²) in [6.45, 7) is 1.44. The molecule has 108 valence electrons. The van der Waals surface area contributed by atoms with Crippen molar-refractivity contribution < 1.29 is 19.2 Å². The second kappa shape index (κ2) is 6.85. The standard InChI is InChI=1S/C12H13ClN2O5/c1-7-5-8(3-4-10(7)15(18)19)11(16)14-6-9(13)12(17)20-2/h3-5,9H,6H2,1-2H3,(H,14,16). The lowest BCUT2D eigenvalue weighted by Gasteiger charge is -2.09.